The number of hydrogen-bond acceptors (Lipinski definition) is 4. The number of nitrogens with one attached hydrogen (secondary N) is 1. The molecule has 8 heteroatoms. The minimum absolute atomic E-state index is 0.0323. The first-order valence-corrected chi connectivity index (χ1v) is 11.1. The van der Waals surface area contributed by atoms with Gasteiger partial charge in [0.25, 0.3) is 5.91 Å². The zero-order chi connectivity index (χ0) is 22.0. The van der Waals surface area contributed by atoms with Crippen LogP contribution in [0.2, 0.25) is 0 Å². The number of aromatic nitrogens is 2. The Morgan fingerprint density at radius 3 is 2.55 bits per heavy atom. The number of nitrogens with zero attached hydrogens (tertiary/aromatic N) is 2. The zero-order valence-corrected chi connectivity index (χ0v) is 18.8. The lowest BCUT2D eigenvalue weighted by Gasteiger charge is -2.27. The van der Waals surface area contributed by atoms with Crippen LogP contribution >= 0.6 is 15.9 Å². The predicted molar refractivity (Wildman–Crippen MR) is 120 cm³/mol. The van der Waals surface area contributed by atoms with E-state index < -0.39 is 5.97 Å². The highest BCUT2D eigenvalue weighted by molar-refractivity contribution is 9.10. The number of carbonyl (C=O) groups is 2. The Labute approximate surface area is 188 Å². The number of rotatable bonds is 6. The number of halogens is 1. The van der Waals surface area contributed by atoms with Crippen LogP contribution in [0.1, 0.15) is 41.6 Å². The fraction of sp³-hybridized carbons (Fsp3) is 0.348. The number of aliphatic carboxylic acids is 1. The summed E-state index contributed by atoms with van der Waals surface area (Å²) in [6, 6.07) is 9.93. The Kier molecular flexibility index (Phi) is 6.27. The van der Waals surface area contributed by atoms with Gasteiger partial charge in [0.05, 0.1) is 29.5 Å². The first-order valence-electron chi connectivity index (χ1n) is 10.3. The molecule has 2 heterocycles. The normalized spacial score (nSPS) is 18.6. The number of amides is 1. The van der Waals surface area contributed by atoms with Gasteiger partial charge in [-0.2, -0.15) is 0 Å². The van der Waals surface area contributed by atoms with Gasteiger partial charge in [-0.1, -0.05) is 28.1 Å². The third-order valence-corrected chi connectivity index (χ3v) is 6.40. The van der Waals surface area contributed by atoms with E-state index in [-0.39, 0.29) is 17.9 Å². The van der Waals surface area contributed by atoms with Crippen molar-refractivity contribution in [2.45, 2.75) is 38.3 Å². The van der Waals surface area contributed by atoms with E-state index in [9.17, 15) is 14.7 Å². The van der Waals surface area contributed by atoms with Crippen LogP contribution in [-0.2, 0) is 11.3 Å². The van der Waals surface area contributed by atoms with Crippen LogP contribution in [0.15, 0.2) is 47.2 Å². The van der Waals surface area contributed by atoms with E-state index in [4.69, 9.17) is 4.74 Å². The van der Waals surface area contributed by atoms with Crippen molar-refractivity contribution in [2.75, 3.05) is 7.11 Å². The van der Waals surface area contributed by atoms with E-state index in [1.54, 1.807) is 13.3 Å². The molecule has 1 aliphatic carbocycles. The van der Waals surface area contributed by atoms with Crippen molar-refractivity contribution in [1.29, 1.82) is 0 Å². The molecule has 0 spiro atoms. The number of methoxy groups -OCH3 is 1. The molecule has 3 aromatic rings. The Morgan fingerprint density at radius 2 is 1.90 bits per heavy atom. The molecule has 31 heavy (non-hydrogen) atoms. The average Bonchev–Trinajstić information content (AvgIpc) is 3.19. The zero-order valence-electron chi connectivity index (χ0n) is 17.2. The topological polar surface area (TPSA) is 93.4 Å². The number of hydrogen-bond donors (Lipinski definition) is 2. The van der Waals surface area contributed by atoms with Gasteiger partial charge < -0.3 is 19.7 Å². The van der Waals surface area contributed by atoms with Gasteiger partial charge in [-0.25, -0.2) is 4.98 Å². The van der Waals surface area contributed by atoms with E-state index >= 15 is 0 Å². The number of carboxylic acid groups (broad SMARTS) is 1. The van der Waals surface area contributed by atoms with Crippen LogP contribution in [0, 0.1) is 5.92 Å². The lowest BCUT2D eigenvalue weighted by atomic mass is 9.86. The fourth-order valence-corrected chi connectivity index (χ4v) is 4.46. The molecule has 0 unspecified atom stereocenters. The molecule has 1 saturated carbocycles. The second-order valence-electron chi connectivity index (χ2n) is 7.87. The molecule has 162 valence electrons. The smallest absolute Gasteiger partial charge is 0.306 e. The molecular formula is C23H24BrN3O4. The molecule has 1 fully saturated rings. The Hall–Kier alpha value is -2.87. The standard InChI is InChI=1S/C23H24BrN3O4/c1-31-22-18-10-11-27(13-14-2-6-16(24)7-3-14)20(18)19(12-25-22)21(28)26-17-8-4-15(5-9-17)23(29)30/h2-3,6-7,10-12,15,17H,4-5,8-9,13H2,1H3,(H,26,28)(H,29,30). The number of carbonyl (C=O) groups excluding carboxylic acids is 1. The van der Waals surface area contributed by atoms with Crippen LogP contribution in [0.25, 0.3) is 10.9 Å². The average molecular weight is 486 g/mol. The molecule has 1 amide bonds. The Bertz CT molecular complexity index is 1100. The quantitative estimate of drug-likeness (QED) is 0.544. The van der Waals surface area contributed by atoms with E-state index in [0.717, 1.165) is 20.9 Å². The largest absolute Gasteiger partial charge is 0.481 e. The van der Waals surface area contributed by atoms with Crippen molar-refractivity contribution in [3.63, 3.8) is 0 Å². The number of fused-ring (bicyclic) bond motifs is 1. The summed E-state index contributed by atoms with van der Waals surface area (Å²) < 4.78 is 8.45. The highest BCUT2D eigenvalue weighted by Gasteiger charge is 2.28. The fourth-order valence-electron chi connectivity index (χ4n) is 4.19. The van der Waals surface area contributed by atoms with Crippen molar-refractivity contribution in [2.24, 2.45) is 5.92 Å². The maximum Gasteiger partial charge on any atom is 0.306 e. The summed E-state index contributed by atoms with van der Waals surface area (Å²) in [4.78, 5) is 28.7. The van der Waals surface area contributed by atoms with Gasteiger partial charge >= 0.3 is 5.97 Å². The Balaban J connectivity index is 1.61. The van der Waals surface area contributed by atoms with E-state index in [1.807, 2.05) is 41.1 Å². The van der Waals surface area contributed by atoms with Crippen molar-refractivity contribution in [1.82, 2.24) is 14.9 Å². The summed E-state index contributed by atoms with van der Waals surface area (Å²) >= 11 is 3.45. The van der Waals surface area contributed by atoms with Gasteiger partial charge in [0.15, 0.2) is 0 Å². The van der Waals surface area contributed by atoms with Crippen molar-refractivity contribution < 1.29 is 19.4 Å². The first kappa shape index (κ1) is 21.4. The summed E-state index contributed by atoms with van der Waals surface area (Å²) in [6.07, 6.45) is 5.97. The van der Waals surface area contributed by atoms with Crippen LogP contribution in [0.3, 0.4) is 0 Å². The second-order valence-corrected chi connectivity index (χ2v) is 8.79. The molecule has 0 radical (unpaired) electrons. The molecule has 4 rings (SSSR count). The van der Waals surface area contributed by atoms with Crippen LogP contribution in [0.5, 0.6) is 5.88 Å². The van der Waals surface area contributed by atoms with Gasteiger partial charge in [0.2, 0.25) is 5.88 Å². The number of pyridine rings is 1. The van der Waals surface area contributed by atoms with Gasteiger partial charge in [0, 0.05) is 29.5 Å². The van der Waals surface area contributed by atoms with Crippen LogP contribution in [-0.4, -0.2) is 39.7 Å². The van der Waals surface area contributed by atoms with Crippen molar-refractivity contribution in [3.05, 3.63) is 58.3 Å². The molecule has 1 aliphatic rings. The third kappa shape index (κ3) is 4.58. The first-order chi connectivity index (χ1) is 15.0. The summed E-state index contributed by atoms with van der Waals surface area (Å²) in [7, 11) is 1.56. The SMILES string of the molecule is COc1ncc(C(=O)NC2CCC(C(=O)O)CC2)c2c1ccn2Cc1ccc(Br)cc1. The number of ether oxygens (including phenoxy) is 1. The minimum atomic E-state index is -0.753. The lowest BCUT2D eigenvalue weighted by Crippen LogP contribution is -2.39. The van der Waals surface area contributed by atoms with Gasteiger partial charge in [-0.15, -0.1) is 0 Å². The van der Waals surface area contributed by atoms with Crippen LogP contribution < -0.4 is 10.1 Å². The van der Waals surface area contributed by atoms with Crippen molar-refractivity contribution >= 4 is 38.7 Å². The number of benzene rings is 1. The summed E-state index contributed by atoms with van der Waals surface area (Å²) in [5, 5.41) is 13.0. The van der Waals surface area contributed by atoms with E-state index in [1.165, 1.54) is 0 Å². The van der Waals surface area contributed by atoms with Crippen molar-refractivity contribution in [3.8, 4) is 5.88 Å². The maximum atomic E-state index is 13.2. The van der Waals surface area contributed by atoms with Gasteiger partial charge in [-0.3, -0.25) is 9.59 Å². The second kappa shape index (κ2) is 9.09. The van der Waals surface area contributed by atoms with E-state index in [0.29, 0.717) is 43.7 Å². The molecule has 0 bridgehead atoms. The van der Waals surface area contributed by atoms with Crippen LogP contribution in [0.4, 0.5) is 0 Å². The maximum absolute atomic E-state index is 13.2. The third-order valence-electron chi connectivity index (χ3n) is 5.88. The van der Waals surface area contributed by atoms with Gasteiger partial charge in [-0.05, 0) is 49.4 Å². The lowest BCUT2D eigenvalue weighted by molar-refractivity contribution is -0.142. The summed E-state index contributed by atoms with van der Waals surface area (Å²) in [5.41, 5.74) is 2.36. The van der Waals surface area contributed by atoms with Gasteiger partial charge in [0.1, 0.15) is 0 Å². The highest BCUT2D eigenvalue weighted by atomic mass is 79.9. The molecule has 0 saturated heterocycles. The monoisotopic (exact) mass is 485 g/mol. The molecular weight excluding hydrogens is 462 g/mol. The predicted octanol–water partition coefficient (Wildman–Crippen LogP) is 4.23. The summed E-state index contributed by atoms with van der Waals surface area (Å²) in [6.45, 7) is 0.605. The number of carboxylic acids is 1. The summed E-state index contributed by atoms with van der Waals surface area (Å²) in [5.74, 6) is -0.792. The molecule has 7 nitrogen and oxygen atoms in total. The van der Waals surface area contributed by atoms with E-state index in [2.05, 4.69) is 26.2 Å². The molecule has 2 N–H and O–H groups in total. The molecule has 2 aromatic heterocycles. The molecule has 0 aliphatic heterocycles. The molecule has 0 atom stereocenters. The highest BCUT2D eigenvalue weighted by Crippen LogP contribution is 2.29. The molecule has 1 aromatic carbocycles. The minimum Gasteiger partial charge on any atom is -0.481 e. The Morgan fingerprint density at radius 1 is 1.19 bits per heavy atom.